The fourth-order valence-corrected chi connectivity index (χ4v) is 1.29. The Morgan fingerprint density at radius 2 is 1.25 bits per heavy atom. The van der Waals surface area contributed by atoms with Gasteiger partial charge in [-0.1, -0.05) is 12.1 Å². The molecule has 2 atom stereocenters. The second-order valence-electron chi connectivity index (χ2n) is 3.59. The van der Waals surface area contributed by atoms with Gasteiger partial charge in [0.2, 0.25) is 0 Å². The summed E-state index contributed by atoms with van der Waals surface area (Å²) in [5, 5.41) is 6.50. The summed E-state index contributed by atoms with van der Waals surface area (Å²) in [5.41, 5.74) is 2.00. The number of nitrogens with one attached hydrogen (secondary N) is 2. The molecule has 0 amide bonds. The van der Waals surface area contributed by atoms with E-state index < -0.39 is 0 Å². The number of benzene rings is 1. The number of hydrogen-bond acceptors (Lipinski definition) is 4. The van der Waals surface area contributed by atoms with Crippen molar-refractivity contribution >= 4 is 11.4 Å². The maximum absolute atomic E-state index is 5.17. The highest BCUT2D eigenvalue weighted by Gasteiger charge is 2.06. The molecule has 2 unspecified atom stereocenters. The van der Waals surface area contributed by atoms with Crippen LogP contribution in [-0.4, -0.2) is 26.7 Å². The molecule has 0 radical (unpaired) electrons. The van der Waals surface area contributed by atoms with Crippen LogP contribution in [0.15, 0.2) is 24.3 Å². The first-order valence-corrected chi connectivity index (χ1v) is 5.35. The molecule has 0 bridgehead atoms. The van der Waals surface area contributed by atoms with Gasteiger partial charge < -0.3 is 20.1 Å². The lowest BCUT2D eigenvalue weighted by atomic mass is 10.2. The Bertz CT molecular complexity index is 287. The van der Waals surface area contributed by atoms with Gasteiger partial charge >= 0.3 is 0 Å². The van der Waals surface area contributed by atoms with Crippen molar-refractivity contribution in [1.29, 1.82) is 0 Å². The molecule has 4 heteroatoms. The van der Waals surface area contributed by atoms with Crippen LogP contribution in [0.2, 0.25) is 0 Å². The number of methoxy groups -OCH3 is 2. The number of hydrogen-bond donors (Lipinski definition) is 2. The molecule has 0 heterocycles. The highest BCUT2D eigenvalue weighted by Crippen LogP contribution is 2.22. The maximum atomic E-state index is 5.17. The first-order valence-electron chi connectivity index (χ1n) is 5.35. The molecule has 0 saturated carbocycles. The van der Waals surface area contributed by atoms with E-state index in [1.54, 1.807) is 14.2 Å². The van der Waals surface area contributed by atoms with E-state index in [1.165, 1.54) is 0 Å². The fourth-order valence-electron chi connectivity index (χ4n) is 1.29. The summed E-state index contributed by atoms with van der Waals surface area (Å²) in [6.07, 6.45) is -0.0541. The molecule has 16 heavy (non-hydrogen) atoms. The molecule has 0 aliphatic heterocycles. The number of rotatable bonds is 6. The molecule has 0 fully saturated rings. The third-order valence-electron chi connectivity index (χ3n) is 2.35. The van der Waals surface area contributed by atoms with Gasteiger partial charge in [0.25, 0.3) is 0 Å². The van der Waals surface area contributed by atoms with Gasteiger partial charge in [0, 0.05) is 14.2 Å². The molecule has 1 rings (SSSR count). The van der Waals surface area contributed by atoms with Gasteiger partial charge in [-0.05, 0) is 26.0 Å². The topological polar surface area (TPSA) is 42.5 Å². The summed E-state index contributed by atoms with van der Waals surface area (Å²) in [6.45, 7) is 3.91. The van der Waals surface area contributed by atoms with Crippen molar-refractivity contribution in [2.24, 2.45) is 0 Å². The molecule has 0 aromatic heterocycles. The van der Waals surface area contributed by atoms with Gasteiger partial charge in [0.15, 0.2) is 0 Å². The standard InChI is InChI=1S/C12H20N2O2/c1-9(15-3)13-11-7-5-6-8-12(11)14-10(2)16-4/h5-10,13-14H,1-4H3. The zero-order valence-corrected chi connectivity index (χ0v) is 10.3. The van der Waals surface area contributed by atoms with Crippen LogP contribution in [0.4, 0.5) is 11.4 Å². The summed E-state index contributed by atoms with van der Waals surface area (Å²) in [4.78, 5) is 0. The van der Waals surface area contributed by atoms with Gasteiger partial charge in [0.05, 0.1) is 11.4 Å². The third-order valence-corrected chi connectivity index (χ3v) is 2.35. The van der Waals surface area contributed by atoms with Crippen LogP contribution in [0, 0.1) is 0 Å². The normalized spacial score (nSPS) is 14.2. The molecular formula is C12H20N2O2. The van der Waals surface area contributed by atoms with Crippen LogP contribution >= 0.6 is 0 Å². The van der Waals surface area contributed by atoms with E-state index in [9.17, 15) is 0 Å². The lowest BCUT2D eigenvalue weighted by Gasteiger charge is -2.20. The largest absolute Gasteiger partial charge is 0.362 e. The molecule has 1 aromatic carbocycles. The average molecular weight is 224 g/mol. The zero-order valence-electron chi connectivity index (χ0n) is 10.3. The lowest BCUT2D eigenvalue weighted by Crippen LogP contribution is -2.21. The molecule has 2 N–H and O–H groups in total. The Kier molecular flexibility index (Phi) is 5.08. The predicted octanol–water partition coefficient (Wildman–Crippen LogP) is 2.50. The van der Waals surface area contributed by atoms with E-state index in [0.29, 0.717) is 0 Å². The van der Waals surface area contributed by atoms with Gasteiger partial charge in [-0.2, -0.15) is 0 Å². The summed E-state index contributed by atoms with van der Waals surface area (Å²) in [5.74, 6) is 0. The van der Waals surface area contributed by atoms with Crippen molar-refractivity contribution in [1.82, 2.24) is 0 Å². The third kappa shape index (κ3) is 3.72. The van der Waals surface area contributed by atoms with Crippen LogP contribution in [0.25, 0.3) is 0 Å². The van der Waals surface area contributed by atoms with E-state index >= 15 is 0 Å². The number of para-hydroxylation sites is 2. The predicted molar refractivity (Wildman–Crippen MR) is 66.6 cm³/mol. The number of ether oxygens (including phenoxy) is 2. The van der Waals surface area contributed by atoms with Crippen molar-refractivity contribution in [3.05, 3.63) is 24.3 Å². The van der Waals surface area contributed by atoms with Gasteiger partial charge in [0.1, 0.15) is 12.5 Å². The summed E-state index contributed by atoms with van der Waals surface area (Å²) >= 11 is 0. The van der Waals surface area contributed by atoms with Gasteiger partial charge in [-0.15, -0.1) is 0 Å². The van der Waals surface area contributed by atoms with Crippen LogP contribution in [-0.2, 0) is 9.47 Å². The molecular weight excluding hydrogens is 204 g/mol. The average Bonchev–Trinajstić information content (AvgIpc) is 2.31. The van der Waals surface area contributed by atoms with Gasteiger partial charge in [-0.25, -0.2) is 0 Å². The second-order valence-corrected chi connectivity index (χ2v) is 3.59. The van der Waals surface area contributed by atoms with Crippen molar-refractivity contribution in [3.8, 4) is 0 Å². The monoisotopic (exact) mass is 224 g/mol. The first-order chi connectivity index (χ1) is 7.67. The Hall–Kier alpha value is -1.26. The van der Waals surface area contributed by atoms with Crippen LogP contribution in [0.3, 0.4) is 0 Å². The summed E-state index contributed by atoms with van der Waals surface area (Å²) < 4.78 is 10.3. The Morgan fingerprint density at radius 3 is 1.56 bits per heavy atom. The zero-order chi connectivity index (χ0) is 12.0. The lowest BCUT2D eigenvalue weighted by molar-refractivity contribution is 0.139. The van der Waals surface area contributed by atoms with Crippen molar-refractivity contribution in [3.63, 3.8) is 0 Å². The molecule has 4 nitrogen and oxygen atoms in total. The Labute approximate surface area is 96.9 Å². The minimum atomic E-state index is -0.0270. The summed E-state index contributed by atoms with van der Waals surface area (Å²) in [6, 6.07) is 7.96. The fraction of sp³-hybridized carbons (Fsp3) is 0.500. The Balaban J connectivity index is 2.75. The van der Waals surface area contributed by atoms with E-state index in [1.807, 2.05) is 38.1 Å². The minimum absolute atomic E-state index is 0.0270. The maximum Gasteiger partial charge on any atom is 0.124 e. The second kappa shape index (κ2) is 6.35. The van der Waals surface area contributed by atoms with E-state index in [-0.39, 0.29) is 12.5 Å². The van der Waals surface area contributed by atoms with Crippen LogP contribution in [0.1, 0.15) is 13.8 Å². The smallest absolute Gasteiger partial charge is 0.124 e. The first kappa shape index (κ1) is 12.8. The molecule has 0 aliphatic rings. The highest BCUT2D eigenvalue weighted by atomic mass is 16.5. The molecule has 0 saturated heterocycles. The molecule has 0 spiro atoms. The van der Waals surface area contributed by atoms with E-state index in [0.717, 1.165) is 11.4 Å². The molecule has 90 valence electrons. The van der Waals surface area contributed by atoms with Crippen molar-refractivity contribution in [2.45, 2.75) is 26.3 Å². The van der Waals surface area contributed by atoms with E-state index in [2.05, 4.69) is 10.6 Å². The van der Waals surface area contributed by atoms with Crippen molar-refractivity contribution < 1.29 is 9.47 Å². The quantitative estimate of drug-likeness (QED) is 0.729. The van der Waals surface area contributed by atoms with Gasteiger partial charge in [-0.3, -0.25) is 0 Å². The highest BCUT2D eigenvalue weighted by molar-refractivity contribution is 5.68. The molecule has 1 aromatic rings. The SMILES string of the molecule is COC(C)Nc1ccccc1NC(C)OC. The van der Waals surface area contributed by atoms with E-state index in [4.69, 9.17) is 9.47 Å². The minimum Gasteiger partial charge on any atom is -0.362 e. The Morgan fingerprint density at radius 1 is 0.875 bits per heavy atom. The number of anilines is 2. The van der Waals surface area contributed by atoms with Crippen LogP contribution < -0.4 is 10.6 Å². The molecule has 0 aliphatic carbocycles. The van der Waals surface area contributed by atoms with Crippen molar-refractivity contribution in [2.75, 3.05) is 24.9 Å². The summed E-state index contributed by atoms with van der Waals surface area (Å²) in [7, 11) is 3.34. The van der Waals surface area contributed by atoms with Crippen LogP contribution in [0.5, 0.6) is 0 Å².